The van der Waals surface area contributed by atoms with E-state index in [0.717, 1.165) is 0 Å². The Labute approximate surface area is 164 Å². The van der Waals surface area contributed by atoms with Crippen LogP contribution in [-0.4, -0.2) is 48.1 Å². The fourth-order valence-corrected chi connectivity index (χ4v) is 2.64. The Balaban J connectivity index is 2.12. The maximum atomic E-state index is 12.1. The molecule has 0 saturated carbocycles. The zero-order valence-electron chi connectivity index (χ0n) is 16.2. The first kappa shape index (κ1) is 21.2. The quantitative estimate of drug-likeness (QED) is 0.296. The highest BCUT2D eigenvalue weighted by molar-refractivity contribution is 5.96. The molecule has 1 N–H and O–H groups in total. The summed E-state index contributed by atoms with van der Waals surface area (Å²) < 4.78 is 17.2. The average molecular weight is 388 g/mol. The van der Waals surface area contributed by atoms with E-state index in [1.807, 2.05) is 26.8 Å². The summed E-state index contributed by atoms with van der Waals surface area (Å²) in [6, 6.07) is 6.83. The zero-order chi connectivity index (χ0) is 20.4. The molecule has 1 aromatic heterocycles. The number of nitriles is 1. The number of ether oxygens (including phenoxy) is 3. The Morgan fingerprint density at radius 1 is 1.39 bits per heavy atom. The van der Waals surface area contributed by atoms with E-state index in [1.54, 1.807) is 23.1 Å². The minimum absolute atomic E-state index is 0.159. The first-order valence-corrected chi connectivity index (χ1v) is 8.98. The third-order valence-corrected chi connectivity index (χ3v) is 3.78. The number of hydrogen-bond acceptors (Lipinski definition) is 8. The molecule has 1 aliphatic heterocycles. The molecule has 28 heavy (non-hydrogen) atoms. The number of hydrogen-bond donors (Lipinski definition) is 1. The van der Waals surface area contributed by atoms with Crippen molar-refractivity contribution in [3.8, 4) is 11.9 Å². The molecule has 2 heterocycles. The van der Waals surface area contributed by atoms with Crippen LogP contribution in [-0.2, 0) is 19.0 Å². The van der Waals surface area contributed by atoms with Gasteiger partial charge in [0.2, 0.25) is 5.88 Å². The summed E-state index contributed by atoms with van der Waals surface area (Å²) in [5.41, 5.74) is 2.02. The van der Waals surface area contributed by atoms with E-state index in [0.29, 0.717) is 25.6 Å². The lowest BCUT2D eigenvalue weighted by Crippen LogP contribution is -2.50. The molecule has 2 rings (SSSR count). The van der Waals surface area contributed by atoms with Crippen molar-refractivity contribution in [2.24, 2.45) is 0 Å². The Hall–Kier alpha value is -3.09. The second kappa shape index (κ2) is 10.3. The molecule has 0 radical (unpaired) electrons. The highest BCUT2D eigenvalue weighted by atomic mass is 16.8. The van der Waals surface area contributed by atoms with Crippen molar-refractivity contribution in [3.05, 3.63) is 48.0 Å². The molecule has 1 saturated heterocycles. The molecular formula is C19H24N4O5. The minimum atomic E-state index is -1.02. The van der Waals surface area contributed by atoms with Gasteiger partial charge in [-0.25, -0.2) is 4.98 Å². The second-order valence-corrected chi connectivity index (χ2v) is 5.51. The van der Waals surface area contributed by atoms with Gasteiger partial charge in [0.15, 0.2) is 12.5 Å². The van der Waals surface area contributed by atoms with E-state index in [4.69, 9.17) is 19.0 Å². The smallest absolute Gasteiger partial charge is 0.294 e. The van der Waals surface area contributed by atoms with E-state index in [2.05, 4.69) is 10.5 Å². The third kappa shape index (κ3) is 5.00. The minimum Gasteiger partial charge on any atom is -0.471 e. The number of pyridine rings is 1. The molecule has 0 aromatic carbocycles. The van der Waals surface area contributed by atoms with Gasteiger partial charge in [0.1, 0.15) is 11.6 Å². The molecule has 0 bridgehead atoms. The predicted molar refractivity (Wildman–Crippen MR) is 99.1 cm³/mol. The van der Waals surface area contributed by atoms with Gasteiger partial charge in [-0.15, -0.1) is 0 Å². The Kier molecular flexibility index (Phi) is 7.80. The van der Waals surface area contributed by atoms with E-state index >= 15 is 0 Å². The van der Waals surface area contributed by atoms with Crippen molar-refractivity contribution in [1.82, 2.24) is 15.4 Å². The summed E-state index contributed by atoms with van der Waals surface area (Å²) >= 11 is 0. The fraction of sp³-hybridized carbons (Fsp3) is 0.421. The van der Waals surface area contributed by atoms with Crippen LogP contribution in [0.2, 0.25) is 0 Å². The molecule has 9 nitrogen and oxygen atoms in total. The summed E-state index contributed by atoms with van der Waals surface area (Å²) in [5, 5.41) is 9.28. The van der Waals surface area contributed by atoms with Gasteiger partial charge in [0.25, 0.3) is 11.8 Å². The van der Waals surface area contributed by atoms with Crippen LogP contribution in [0.3, 0.4) is 0 Å². The van der Waals surface area contributed by atoms with E-state index in [-0.39, 0.29) is 18.1 Å². The summed E-state index contributed by atoms with van der Waals surface area (Å²) in [6.07, 6.45) is 4.40. The molecule has 150 valence electrons. The Bertz CT molecular complexity index is 751. The topological polar surface area (TPSA) is 106 Å². The van der Waals surface area contributed by atoms with Crippen LogP contribution >= 0.6 is 0 Å². The molecular weight excluding hydrogens is 364 g/mol. The number of nitrogens with one attached hydrogen (secondary N) is 1. The fourth-order valence-electron chi connectivity index (χ4n) is 2.64. The van der Waals surface area contributed by atoms with Crippen LogP contribution < -0.4 is 10.3 Å². The van der Waals surface area contributed by atoms with Crippen molar-refractivity contribution in [2.45, 2.75) is 26.7 Å². The van der Waals surface area contributed by atoms with Crippen LogP contribution in [0.1, 0.15) is 20.8 Å². The third-order valence-electron chi connectivity index (χ3n) is 3.78. The van der Waals surface area contributed by atoms with Crippen LogP contribution in [0.5, 0.6) is 5.88 Å². The van der Waals surface area contributed by atoms with Crippen molar-refractivity contribution >= 4 is 5.91 Å². The summed E-state index contributed by atoms with van der Waals surface area (Å²) in [7, 11) is 0. The van der Waals surface area contributed by atoms with Crippen molar-refractivity contribution in [1.29, 1.82) is 5.26 Å². The second-order valence-electron chi connectivity index (χ2n) is 5.51. The van der Waals surface area contributed by atoms with Gasteiger partial charge in [-0.2, -0.15) is 10.7 Å². The van der Waals surface area contributed by atoms with Crippen LogP contribution in [0.4, 0.5) is 0 Å². The van der Waals surface area contributed by atoms with Crippen molar-refractivity contribution < 1.29 is 23.8 Å². The molecule has 1 aromatic rings. The molecule has 0 spiro atoms. The monoisotopic (exact) mass is 388 g/mol. The standard InChI is InChI=1S/C19H24N4O5/c1-4-23-17(25-14-19(23,26-5-2)27-6-3)11-10-15(13-20)18(24)22-28-16-9-7-8-12-21-16/h7-12H,4-6,14H2,1-3H3,(H,22,24)/b15-10-,17-11+. The van der Waals surface area contributed by atoms with Gasteiger partial charge in [0, 0.05) is 32.0 Å². The lowest BCUT2D eigenvalue weighted by Gasteiger charge is -2.34. The van der Waals surface area contributed by atoms with Crippen molar-refractivity contribution in [3.63, 3.8) is 0 Å². The van der Waals surface area contributed by atoms with Gasteiger partial charge < -0.3 is 19.0 Å². The normalized spacial score (nSPS) is 17.1. The van der Waals surface area contributed by atoms with Gasteiger partial charge in [-0.1, -0.05) is 6.07 Å². The van der Waals surface area contributed by atoms with Crippen molar-refractivity contribution in [2.75, 3.05) is 26.4 Å². The number of carbonyl (C=O) groups is 1. The largest absolute Gasteiger partial charge is 0.471 e. The number of rotatable bonds is 9. The number of aromatic nitrogens is 1. The highest BCUT2D eigenvalue weighted by Gasteiger charge is 2.46. The molecule has 0 unspecified atom stereocenters. The summed E-state index contributed by atoms with van der Waals surface area (Å²) in [4.78, 5) is 22.9. The zero-order valence-corrected chi connectivity index (χ0v) is 16.2. The number of likely N-dealkylation sites (N-methyl/N-ethyl adjacent to an activating group) is 1. The first-order chi connectivity index (χ1) is 13.6. The summed E-state index contributed by atoms with van der Waals surface area (Å²) in [5.74, 6) is -1.07. The predicted octanol–water partition coefficient (Wildman–Crippen LogP) is 1.86. The van der Waals surface area contributed by atoms with Crippen LogP contribution in [0.25, 0.3) is 0 Å². The maximum absolute atomic E-state index is 12.1. The molecule has 0 atom stereocenters. The van der Waals surface area contributed by atoms with E-state index in [9.17, 15) is 10.1 Å². The number of hydroxylamine groups is 1. The lowest BCUT2D eigenvalue weighted by molar-refractivity contribution is -0.290. The van der Waals surface area contributed by atoms with Gasteiger partial charge in [-0.3, -0.25) is 9.69 Å². The molecule has 9 heteroatoms. The molecule has 1 fully saturated rings. The Morgan fingerprint density at radius 2 is 2.14 bits per heavy atom. The first-order valence-electron chi connectivity index (χ1n) is 8.98. The van der Waals surface area contributed by atoms with Gasteiger partial charge in [-0.05, 0) is 39.0 Å². The molecule has 1 amide bonds. The SMILES string of the molecule is CCOC1(OCC)CO/C(=C/C=C(/C#N)C(=O)NOc2ccccn2)N1CC. The summed E-state index contributed by atoms with van der Waals surface area (Å²) in [6.45, 7) is 7.29. The number of amides is 1. The number of allylic oxidation sites excluding steroid dienone is 2. The van der Waals surface area contributed by atoms with Gasteiger partial charge >= 0.3 is 0 Å². The molecule has 0 aliphatic carbocycles. The van der Waals surface area contributed by atoms with Gasteiger partial charge in [0.05, 0.1) is 0 Å². The number of carbonyl (C=O) groups excluding carboxylic acids is 1. The average Bonchev–Trinajstić information content (AvgIpc) is 3.05. The van der Waals surface area contributed by atoms with Crippen LogP contribution in [0.15, 0.2) is 48.0 Å². The number of nitrogens with zero attached hydrogens (tertiary/aromatic N) is 3. The highest BCUT2D eigenvalue weighted by Crippen LogP contribution is 2.32. The molecule has 1 aliphatic rings. The van der Waals surface area contributed by atoms with Crippen LogP contribution in [0, 0.1) is 11.3 Å². The van der Waals surface area contributed by atoms with E-state index in [1.165, 1.54) is 18.3 Å². The maximum Gasteiger partial charge on any atom is 0.294 e. The lowest BCUT2D eigenvalue weighted by atomic mass is 10.2. The Morgan fingerprint density at radius 3 is 2.71 bits per heavy atom. The van der Waals surface area contributed by atoms with E-state index < -0.39 is 11.8 Å².